The molecule has 6 fully saturated rings. The minimum absolute atomic E-state index is 0.00252. The summed E-state index contributed by atoms with van der Waals surface area (Å²) in [7, 11) is 0. The van der Waals surface area contributed by atoms with Gasteiger partial charge in [0.05, 0.1) is 66.6 Å². The fourth-order valence-corrected chi connectivity index (χ4v) is 15.6. The van der Waals surface area contributed by atoms with E-state index in [1.807, 2.05) is 46.8 Å². The van der Waals surface area contributed by atoms with Crippen molar-refractivity contribution >= 4 is 17.7 Å². The summed E-state index contributed by atoms with van der Waals surface area (Å²) in [5.41, 5.74) is -2.79. The average molecular weight is 1110 g/mol. The Kier molecular flexibility index (Phi) is 17.8. The lowest BCUT2D eigenvalue weighted by atomic mass is 9.49. The molecule has 442 valence electrons. The molecule has 4 aliphatic carbocycles. The molecule has 79 heavy (non-hydrogen) atoms. The Bertz CT molecular complexity index is 2390. The van der Waals surface area contributed by atoms with Crippen molar-refractivity contribution in [2.45, 2.75) is 251 Å². The van der Waals surface area contributed by atoms with Crippen LogP contribution in [0.4, 0.5) is 0 Å². The Hall–Kier alpha value is -3.37. The average Bonchev–Trinajstić information content (AvgIpc) is 3.63. The Morgan fingerprint density at radius 1 is 0.722 bits per heavy atom. The van der Waals surface area contributed by atoms with Gasteiger partial charge in [-0.05, 0) is 97.0 Å². The van der Waals surface area contributed by atoms with Gasteiger partial charge < -0.3 is 73.5 Å². The number of carbonyl (C=O) groups excluding carboxylic acids is 3. The van der Waals surface area contributed by atoms with Gasteiger partial charge >= 0.3 is 5.97 Å². The summed E-state index contributed by atoms with van der Waals surface area (Å²) in [5, 5.41) is 59.5. The Morgan fingerprint density at radius 2 is 1.38 bits per heavy atom. The first kappa shape index (κ1) is 60.2. The number of carbonyl (C=O) groups is 3. The van der Waals surface area contributed by atoms with Crippen LogP contribution < -0.4 is 5.32 Å². The molecule has 1 spiro atoms. The smallest absolute Gasteiger partial charge is 0.346 e. The van der Waals surface area contributed by atoms with Crippen molar-refractivity contribution in [2.24, 2.45) is 52.8 Å². The molecule has 1 saturated carbocycles. The lowest BCUT2D eigenvalue weighted by Gasteiger charge is -2.56. The van der Waals surface area contributed by atoms with E-state index < -0.39 is 126 Å². The van der Waals surface area contributed by atoms with Crippen LogP contribution in [0.2, 0.25) is 0 Å². The second-order valence-corrected chi connectivity index (χ2v) is 25.7. The van der Waals surface area contributed by atoms with Gasteiger partial charge in [-0.2, -0.15) is 0 Å². The minimum Gasteiger partial charge on any atom is -0.511 e. The van der Waals surface area contributed by atoms with Crippen LogP contribution in [-0.2, 0) is 57.0 Å². The molecule has 0 aromatic heterocycles. The number of amides is 1. The number of rotatable bonds is 10. The Labute approximate surface area is 466 Å². The molecule has 27 unspecified atom stereocenters. The maximum atomic E-state index is 15.5. The van der Waals surface area contributed by atoms with Crippen molar-refractivity contribution in [1.82, 2.24) is 5.32 Å². The summed E-state index contributed by atoms with van der Waals surface area (Å²) < 4.78 is 58.1. The van der Waals surface area contributed by atoms with E-state index in [-0.39, 0.29) is 90.6 Å². The van der Waals surface area contributed by atoms with E-state index >= 15 is 4.79 Å². The van der Waals surface area contributed by atoms with Crippen LogP contribution in [0.1, 0.15) is 141 Å². The van der Waals surface area contributed by atoms with E-state index in [2.05, 4.69) is 50.4 Å². The van der Waals surface area contributed by atoms with Crippen LogP contribution in [0.15, 0.2) is 58.9 Å². The fraction of sp³-hybridized carbons (Fsp3) is 0.787. The van der Waals surface area contributed by atoms with E-state index in [1.54, 1.807) is 27.7 Å². The van der Waals surface area contributed by atoms with Crippen LogP contribution >= 0.6 is 0 Å². The number of allylic oxidation sites excluding steroid dienone is 4. The highest BCUT2D eigenvalue weighted by molar-refractivity contribution is 6.26. The number of ketones is 1. The number of nitrogens with one attached hydrogen (secondary N) is 1. The van der Waals surface area contributed by atoms with Crippen LogP contribution in [0.3, 0.4) is 0 Å². The highest BCUT2D eigenvalue weighted by Gasteiger charge is 2.63. The van der Waals surface area contributed by atoms with Crippen molar-refractivity contribution in [3.63, 3.8) is 0 Å². The molecular weight excluding hydrogens is 1020 g/mol. The molecule has 0 aromatic rings. The quantitative estimate of drug-likeness (QED) is 0.0755. The molecule has 0 radical (unpaired) electrons. The van der Waals surface area contributed by atoms with Crippen LogP contribution in [0.25, 0.3) is 0 Å². The molecule has 18 heteroatoms. The molecule has 9 aliphatic rings. The third-order valence-corrected chi connectivity index (χ3v) is 19.6. The first-order chi connectivity index (χ1) is 37.2. The molecule has 2 bridgehead atoms. The summed E-state index contributed by atoms with van der Waals surface area (Å²) >= 11 is 0. The van der Waals surface area contributed by atoms with Gasteiger partial charge in [0, 0.05) is 68.1 Å². The molecule has 0 aromatic carbocycles. The third-order valence-electron chi connectivity index (χ3n) is 19.6. The number of esters is 1. The van der Waals surface area contributed by atoms with Crippen molar-refractivity contribution in [3.05, 3.63) is 58.9 Å². The molecule has 27 atom stereocenters. The van der Waals surface area contributed by atoms with Crippen LogP contribution in [0.5, 0.6) is 0 Å². The minimum atomic E-state index is -1.62. The van der Waals surface area contributed by atoms with Crippen LogP contribution in [-0.4, -0.2) is 153 Å². The molecule has 5 aliphatic heterocycles. The lowest BCUT2D eigenvalue weighted by Crippen LogP contribution is -2.62. The zero-order valence-corrected chi connectivity index (χ0v) is 48.6. The Balaban J connectivity index is 0.978. The lowest BCUT2D eigenvalue weighted by molar-refractivity contribution is -0.328. The normalized spacial score (nSPS) is 51.7. The van der Waals surface area contributed by atoms with Crippen LogP contribution in [0, 0.1) is 52.8 Å². The van der Waals surface area contributed by atoms with Gasteiger partial charge in [0.1, 0.15) is 23.5 Å². The molecule has 5 saturated heterocycles. The number of Topliss-reactive ketones (excluding diaryl/α,β-unsaturated/α-hetero) is 1. The van der Waals surface area contributed by atoms with E-state index in [0.717, 1.165) is 17.6 Å². The first-order valence-electron chi connectivity index (χ1n) is 29.4. The third kappa shape index (κ3) is 11.5. The summed E-state index contributed by atoms with van der Waals surface area (Å²) in [6, 6.07) is -0.666. The summed E-state index contributed by atoms with van der Waals surface area (Å²) in [6.07, 6.45) is 5.22. The summed E-state index contributed by atoms with van der Waals surface area (Å²) in [6.45, 7) is 24.7. The maximum Gasteiger partial charge on any atom is 0.346 e. The monoisotopic (exact) mass is 1110 g/mol. The van der Waals surface area contributed by atoms with Crippen molar-refractivity contribution < 1.29 is 82.5 Å². The van der Waals surface area contributed by atoms with Gasteiger partial charge in [-0.15, -0.1) is 0 Å². The zero-order chi connectivity index (χ0) is 57.4. The largest absolute Gasteiger partial charge is 0.511 e. The highest BCUT2D eigenvalue weighted by Crippen LogP contribution is 2.61. The van der Waals surface area contributed by atoms with E-state index in [4.69, 9.17) is 42.6 Å². The Morgan fingerprint density at radius 3 is 2.04 bits per heavy atom. The van der Waals surface area contributed by atoms with Gasteiger partial charge in [-0.25, -0.2) is 4.79 Å². The molecule has 6 N–H and O–H groups in total. The van der Waals surface area contributed by atoms with Gasteiger partial charge in [0.25, 0.3) is 0 Å². The number of hydrogen-bond acceptors (Lipinski definition) is 17. The first-order valence-corrected chi connectivity index (χ1v) is 29.4. The highest BCUT2D eigenvalue weighted by atomic mass is 16.7. The van der Waals surface area contributed by atoms with Crippen molar-refractivity contribution in [2.75, 3.05) is 0 Å². The van der Waals surface area contributed by atoms with Gasteiger partial charge in [-0.1, -0.05) is 76.6 Å². The van der Waals surface area contributed by atoms with Crippen molar-refractivity contribution in [1.29, 1.82) is 0 Å². The number of aliphatic hydroxyl groups is 5. The van der Waals surface area contributed by atoms with Crippen molar-refractivity contribution in [3.8, 4) is 0 Å². The number of ether oxygens (including phenoxy) is 9. The maximum absolute atomic E-state index is 15.5. The number of hydrogen-bond donors (Lipinski definition) is 6. The predicted octanol–water partition coefficient (Wildman–Crippen LogP) is 6.72. The molecule has 18 nitrogen and oxygen atoms in total. The summed E-state index contributed by atoms with van der Waals surface area (Å²) in [4.78, 5) is 42.4. The molecule has 1 amide bonds. The predicted molar refractivity (Wildman–Crippen MR) is 288 cm³/mol. The molecular formula is C61H91NO17. The second-order valence-electron chi connectivity index (χ2n) is 25.7. The second kappa shape index (κ2) is 23.4. The summed E-state index contributed by atoms with van der Waals surface area (Å²) in [5.74, 6) is -3.97. The van der Waals surface area contributed by atoms with E-state index in [9.17, 15) is 35.1 Å². The van der Waals surface area contributed by atoms with Gasteiger partial charge in [0.15, 0.2) is 30.8 Å². The zero-order valence-electron chi connectivity index (χ0n) is 48.6. The topological polar surface area (TPSA) is 247 Å². The number of fused-ring (bicyclic) bond motifs is 4. The van der Waals surface area contributed by atoms with E-state index in [0.29, 0.717) is 19.3 Å². The molecule has 9 rings (SSSR count). The SMILES string of the molecule is CCC1C=CC2/C=C(\C)C(OC3CC(C)(O)C(NC(C)=O)C(C)O3)C(C)/C=C(\C)C3C=CC4C(OC5CCC(OC6CC(O)C(OC7CC(O)C(O)C(C)O7)C(C)O6)C(C)O5)C(C)CC(C)C4C3(C)/C(O)=C3\C(=O)OC2(C1)C3=O. The number of aliphatic hydroxyl groups excluding tert-OH is 4. The van der Waals surface area contributed by atoms with Gasteiger partial charge in [-0.3, -0.25) is 9.59 Å². The molecule has 5 heterocycles. The standard InChI is InChI=1S/C61H91NO17/c1-14-38-15-16-39-23-32(6)52(78-48-27-59(12,70)55(36(10)74-48)62-37(11)63)30(4)21-28(2)41-18-17-40-50(60(41,13)56(67)49-57(68)61(39,26-38)79-58(49)69)29(3)22-31(5)53(40)76-45-20-19-44(33(7)71-45)75-46-25-43(65)54(35(9)73-46)77-47-24-42(64)51(66)34(8)72-47/h15-18,21,23,29-31,33-36,38-48,50-55,64-67,70H,14,19-20,22,24-27H2,1-13H3,(H,62,63)/b28-21+,32-23+,56-49+. The van der Waals surface area contributed by atoms with E-state index in [1.165, 1.54) is 6.92 Å². The van der Waals surface area contributed by atoms with Gasteiger partial charge in [0.2, 0.25) is 11.7 Å². The fourth-order valence-electron chi connectivity index (χ4n) is 15.6.